The van der Waals surface area contributed by atoms with Crippen LogP contribution < -0.4 is 9.47 Å². The normalized spacial score (nSPS) is 15.5. The van der Waals surface area contributed by atoms with Gasteiger partial charge in [0.25, 0.3) is 5.91 Å². The number of carbonyl (C=O) groups excluding carboxylic acids is 1. The molecule has 1 aliphatic heterocycles. The van der Waals surface area contributed by atoms with Crippen molar-refractivity contribution in [2.24, 2.45) is 0 Å². The van der Waals surface area contributed by atoms with Gasteiger partial charge in [-0.15, -0.1) is 0 Å². The summed E-state index contributed by atoms with van der Waals surface area (Å²) in [6.07, 6.45) is 2.36. The minimum atomic E-state index is -0.118. The van der Waals surface area contributed by atoms with Crippen LogP contribution in [0.25, 0.3) is 10.8 Å². The molecule has 1 fully saturated rings. The first-order valence-electron chi connectivity index (χ1n) is 10.2. The number of benzene rings is 3. The molecular formula is C25H22N2O4. The lowest BCUT2D eigenvalue weighted by molar-refractivity contribution is 0.0454. The quantitative estimate of drug-likeness (QED) is 0.444. The second-order valence-electron chi connectivity index (χ2n) is 7.50. The van der Waals surface area contributed by atoms with Crippen LogP contribution in [0.2, 0.25) is 0 Å². The predicted octanol–water partition coefficient (Wildman–Crippen LogP) is 5.00. The second kappa shape index (κ2) is 8.14. The molecule has 0 aliphatic carbocycles. The van der Waals surface area contributed by atoms with E-state index in [1.165, 1.54) is 6.26 Å². The number of oxazole rings is 1. The Bertz CT molecular complexity index is 1220. The number of likely N-dealkylation sites (tertiary alicyclic amines) is 1. The van der Waals surface area contributed by atoms with E-state index in [0.29, 0.717) is 17.3 Å². The molecule has 6 heteroatoms. The van der Waals surface area contributed by atoms with Gasteiger partial charge in [0.05, 0.1) is 13.2 Å². The Kier molecular flexibility index (Phi) is 5.04. The van der Waals surface area contributed by atoms with Gasteiger partial charge < -0.3 is 18.8 Å². The van der Waals surface area contributed by atoms with Crippen LogP contribution in [0.4, 0.5) is 0 Å². The topological polar surface area (TPSA) is 64.8 Å². The fourth-order valence-electron chi connectivity index (χ4n) is 3.84. The molecule has 0 bridgehead atoms. The summed E-state index contributed by atoms with van der Waals surface area (Å²) in [6.45, 7) is 0.864. The highest BCUT2D eigenvalue weighted by molar-refractivity contribution is 5.92. The molecule has 1 unspecified atom stereocenters. The Hall–Kier alpha value is -3.80. The van der Waals surface area contributed by atoms with Crippen molar-refractivity contribution in [2.45, 2.75) is 19.1 Å². The van der Waals surface area contributed by atoms with E-state index in [0.717, 1.165) is 35.1 Å². The van der Waals surface area contributed by atoms with Gasteiger partial charge in [0.1, 0.15) is 17.8 Å². The van der Waals surface area contributed by atoms with Crippen molar-refractivity contribution in [3.05, 3.63) is 90.1 Å². The van der Waals surface area contributed by atoms with E-state index in [1.807, 2.05) is 71.6 Å². The fraction of sp³-hybridized carbons (Fsp3) is 0.200. The molecule has 4 aromatic rings. The van der Waals surface area contributed by atoms with Gasteiger partial charge in [-0.2, -0.15) is 0 Å². The SMILES string of the molecule is COc1ccc2ccc(OCc3nc(C(=O)N4CCC4c4ccccc4)co3)cc2c1. The van der Waals surface area contributed by atoms with E-state index in [4.69, 9.17) is 13.9 Å². The molecule has 156 valence electrons. The van der Waals surface area contributed by atoms with Gasteiger partial charge >= 0.3 is 0 Å². The number of methoxy groups -OCH3 is 1. The Morgan fingerprint density at radius 1 is 1.06 bits per heavy atom. The summed E-state index contributed by atoms with van der Waals surface area (Å²) in [5.41, 5.74) is 1.45. The maximum absolute atomic E-state index is 12.9. The minimum Gasteiger partial charge on any atom is -0.497 e. The van der Waals surface area contributed by atoms with Crippen molar-refractivity contribution in [3.63, 3.8) is 0 Å². The zero-order valence-corrected chi connectivity index (χ0v) is 17.2. The zero-order valence-electron chi connectivity index (χ0n) is 17.2. The first-order chi connectivity index (χ1) is 15.2. The molecule has 0 radical (unpaired) electrons. The highest BCUT2D eigenvalue weighted by atomic mass is 16.5. The van der Waals surface area contributed by atoms with Gasteiger partial charge in [0.2, 0.25) is 5.89 Å². The van der Waals surface area contributed by atoms with Crippen LogP contribution >= 0.6 is 0 Å². The number of hydrogen-bond donors (Lipinski definition) is 0. The third kappa shape index (κ3) is 3.84. The zero-order chi connectivity index (χ0) is 21.2. The van der Waals surface area contributed by atoms with Crippen molar-refractivity contribution >= 4 is 16.7 Å². The average Bonchev–Trinajstić information content (AvgIpc) is 3.26. The molecule has 1 aromatic heterocycles. The Balaban J connectivity index is 1.25. The number of hydrogen-bond acceptors (Lipinski definition) is 5. The third-order valence-electron chi connectivity index (χ3n) is 5.62. The minimum absolute atomic E-state index is 0.0969. The molecule has 1 saturated heterocycles. The van der Waals surface area contributed by atoms with Crippen LogP contribution in [-0.4, -0.2) is 29.4 Å². The van der Waals surface area contributed by atoms with E-state index in [1.54, 1.807) is 7.11 Å². The smallest absolute Gasteiger partial charge is 0.276 e. The van der Waals surface area contributed by atoms with Crippen LogP contribution in [0.15, 0.2) is 77.4 Å². The summed E-state index contributed by atoms with van der Waals surface area (Å²) in [7, 11) is 1.64. The lowest BCUT2D eigenvalue weighted by Gasteiger charge is -2.40. The summed E-state index contributed by atoms with van der Waals surface area (Å²) >= 11 is 0. The first-order valence-corrected chi connectivity index (χ1v) is 10.2. The standard InChI is InChI=1S/C25H22N2O4/c1-29-20-9-7-17-8-10-21(14-19(17)13-20)30-16-24-26-22(15-31-24)25(28)27-12-11-23(27)18-5-3-2-4-6-18/h2-10,13-15,23H,11-12,16H2,1H3. The number of ether oxygens (including phenoxy) is 2. The Labute approximate surface area is 180 Å². The largest absolute Gasteiger partial charge is 0.497 e. The van der Waals surface area contributed by atoms with Crippen molar-refractivity contribution < 1.29 is 18.7 Å². The van der Waals surface area contributed by atoms with E-state index in [9.17, 15) is 4.79 Å². The van der Waals surface area contributed by atoms with Gasteiger partial charge in [-0.3, -0.25) is 4.79 Å². The molecule has 0 saturated carbocycles. The van der Waals surface area contributed by atoms with Crippen molar-refractivity contribution in [3.8, 4) is 11.5 Å². The third-order valence-corrected chi connectivity index (χ3v) is 5.62. The molecule has 0 N–H and O–H groups in total. The first kappa shape index (κ1) is 19.2. The van der Waals surface area contributed by atoms with Crippen molar-refractivity contribution in [1.82, 2.24) is 9.88 Å². The van der Waals surface area contributed by atoms with E-state index >= 15 is 0 Å². The van der Waals surface area contributed by atoms with Gasteiger partial charge in [-0.05, 0) is 47.0 Å². The Morgan fingerprint density at radius 3 is 2.58 bits per heavy atom. The monoisotopic (exact) mass is 414 g/mol. The number of carbonyl (C=O) groups is 1. The average molecular weight is 414 g/mol. The molecule has 2 heterocycles. The molecule has 1 atom stereocenters. The number of amides is 1. The molecular weight excluding hydrogens is 392 g/mol. The van der Waals surface area contributed by atoms with Crippen molar-refractivity contribution in [1.29, 1.82) is 0 Å². The number of aromatic nitrogens is 1. The summed E-state index contributed by atoms with van der Waals surface area (Å²) in [5, 5.41) is 2.12. The van der Waals surface area contributed by atoms with E-state index < -0.39 is 0 Å². The van der Waals surface area contributed by atoms with E-state index in [2.05, 4.69) is 4.98 Å². The maximum Gasteiger partial charge on any atom is 0.276 e. The second-order valence-corrected chi connectivity index (χ2v) is 7.50. The highest BCUT2D eigenvalue weighted by Gasteiger charge is 2.35. The molecule has 31 heavy (non-hydrogen) atoms. The molecule has 0 spiro atoms. The van der Waals surface area contributed by atoms with Gasteiger partial charge in [0.15, 0.2) is 12.3 Å². The number of nitrogens with zero attached hydrogens (tertiary/aromatic N) is 2. The molecule has 1 amide bonds. The van der Waals surface area contributed by atoms with E-state index in [-0.39, 0.29) is 18.6 Å². The van der Waals surface area contributed by atoms with Gasteiger partial charge in [-0.1, -0.05) is 42.5 Å². The summed E-state index contributed by atoms with van der Waals surface area (Å²) in [4.78, 5) is 19.0. The maximum atomic E-state index is 12.9. The molecule has 5 rings (SSSR count). The van der Waals surface area contributed by atoms with Gasteiger partial charge in [0, 0.05) is 6.54 Å². The van der Waals surface area contributed by atoms with Crippen LogP contribution in [0.3, 0.4) is 0 Å². The van der Waals surface area contributed by atoms with Crippen LogP contribution in [0, 0.1) is 0 Å². The number of fused-ring (bicyclic) bond motifs is 1. The van der Waals surface area contributed by atoms with Gasteiger partial charge in [-0.25, -0.2) is 4.98 Å². The predicted molar refractivity (Wildman–Crippen MR) is 116 cm³/mol. The molecule has 6 nitrogen and oxygen atoms in total. The molecule has 1 aliphatic rings. The van der Waals surface area contributed by atoms with Crippen molar-refractivity contribution in [2.75, 3.05) is 13.7 Å². The lowest BCUT2D eigenvalue weighted by Crippen LogP contribution is -2.45. The fourth-order valence-corrected chi connectivity index (χ4v) is 3.84. The molecule has 3 aromatic carbocycles. The summed E-state index contributed by atoms with van der Waals surface area (Å²) in [5.74, 6) is 1.73. The van der Waals surface area contributed by atoms with Crippen LogP contribution in [0.5, 0.6) is 11.5 Å². The van der Waals surface area contributed by atoms with Crippen LogP contribution in [0.1, 0.15) is 34.4 Å². The Morgan fingerprint density at radius 2 is 1.84 bits per heavy atom. The lowest BCUT2D eigenvalue weighted by atomic mass is 9.94. The van der Waals surface area contributed by atoms with Crippen LogP contribution in [-0.2, 0) is 6.61 Å². The summed E-state index contributed by atoms with van der Waals surface area (Å²) < 4.78 is 16.6. The highest BCUT2D eigenvalue weighted by Crippen LogP contribution is 2.34. The summed E-state index contributed by atoms with van der Waals surface area (Å²) in [6, 6.07) is 21.9. The number of rotatable bonds is 6.